The second-order valence-corrected chi connectivity index (χ2v) is 12.9. The van der Waals surface area contributed by atoms with E-state index in [0.717, 1.165) is 9.95 Å². The van der Waals surface area contributed by atoms with Crippen LogP contribution >= 0.6 is 30.3 Å². The summed E-state index contributed by atoms with van der Waals surface area (Å²) in [5, 5.41) is 26.1. The number of aliphatic hydroxyl groups is 2. The van der Waals surface area contributed by atoms with Crippen molar-refractivity contribution in [3.05, 3.63) is 62.7 Å². The molecule has 3 aromatic rings. The van der Waals surface area contributed by atoms with Crippen LogP contribution in [0, 0.1) is 3.57 Å². The first-order chi connectivity index (χ1) is 19.2. The molecule has 41 heavy (non-hydrogen) atoms. The fourth-order valence-electron chi connectivity index (χ4n) is 4.29. The molecular formula is C26H32IN4O9P. The zero-order valence-corrected chi connectivity index (χ0v) is 25.8. The number of nitrogens with one attached hydrogen (secondary N) is 1. The molecule has 1 aliphatic rings. The van der Waals surface area contributed by atoms with Crippen molar-refractivity contribution in [3.8, 4) is 5.75 Å². The van der Waals surface area contributed by atoms with Gasteiger partial charge < -0.3 is 29.9 Å². The molecule has 4 rings (SSSR count). The summed E-state index contributed by atoms with van der Waals surface area (Å²) in [6.07, 6.45) is -3.28. The van der Waals surface area contributed by atoms with Crippen LogP contribution in [0.5, 0.6) is 5.75 Å². The van der Waals surface area contributed by atoms with Crippen LogP contribution in [-0.2, 0) is 23.4 Å². The Morgan fingerprint density at radius 2 is 1.95 bits per heavy atom. The highest BCUT2D eigenvalue weighted by Gasteiger charge is 2.54. The molecular weight excluding hydrogens is 670 g/mol. The van der Waals surface area contributed by atoms with Crippen LogP contribution in [0.15, 0.2) is 53.5 Å². The number of nitrogen functional groups attached to an aromatic ring is 1. The van der Waals surface area contributed by atoms with Crippen molar-refractivity contribution in [1.82, 2.24) is 14.6 Å². The number of hydrogen-bond acceptors (Lipinski definition) is 11. The van der Waals surface area contributed by atoms with E-state index in [1.807, 2.05) is 40.8 Å². The highest BCUT2D eigenvalue weighted by molar-refractivity contribution is 14.1. The fourth-order valence-corrected chi connectivity index (χ4v) is 6.24. The van der Waals surface area contributed by atoms with Crippen molar-refractivity contribution in [2.24, 2.45) is 0 Å². The third-order valence-electron chi connectivity index (χ3n) is 6.38. The number of nitrogens with two attached hydrogens (primary N) is 1. The van der Waals surface area contributed by atoms with Gasteiger partial charge in [0.05, 0.1) is 16.3 Å². The van der Waals surface area contributed by atoms with Crippen LogP contribution in [0.3, 0.4) is 0 Å². The van der Waals surface area contributed by atoms with Gasteiger partial charge in [-0.2, -0.15) is 10.1 Å². The Bertz CT molecular complexity index is 1530. The van der Waals surface area contributed by atoms with Crippen LogP contribution in [-0.4, -0.2) is 62.3 Å². The topological polar surface area (TPSA) is 184 Å². The molecule has 5 N–H and O–H groups in total. The predicted molar refractivity (Wildman–Crippen MR) is 158 cm³/mol. The number of fused-ring (bicyclic) bond motifs is 1. The van der Waals surface area contributed by atoms with Crippen LogP contribution in [0.2, 0.25) is 0 Å². The summed E-state index contributed by atoms with van der Waals surface area (Å²) >= 11 is 1.87. The number of benzene rings is 2. The number of rotatable bonds is 10. The van der Waals surface area contributed by atoms with E-state index >= 15 is 0 Å². The fraction of sp³-hybridized carbons (Fsp3) is 0.423. The van der Waals surface area contributed by atoms with Gasteiger partial charge in [-0.3, -0.25) is 13.9 Å². The standard InChI is InChI=1S/C26H32IN4O9P/c1-14(2)38-23(33)15(3)30-41(36,40-19-11-7-9-16-8-5-6-10-17(16)19)37-13-20-21(32)26(4,35)24(39-20)31-12-18(27)22(28)29-25(31)34/h5-12,14-15,20-21,24,32,35H,13H2,1-4H3,(H,30,36)(H2,28,29,34)/t15-,20-,21-,24-,26-,41-/m1/s1. The molecule has 222 valence electrons. The van der Waals surface area contributed by atoms with Gasteiger partial charge in [0.1, 0.15) is 35.4 Å². The molecule has 2 heterocycles. The van der Waals surface area contributed by atoms with E-state index in [4.69, 9.17) is 24.3 Å². The summed E-state index contributed by atoms with van der Waals surface area (Å²) in [5.41, 5.74) is 2.93. The smallest absolute Gasteiger partial charge is 0.459 e. The van der Waals surface area contributed by atoms with Crippen molar-refractivity contribution in [3.63, 3.8) is 0 Å². The monoisotopic (exact) mass is 702 g/mol. The Balaban J connectivity index is 1.60. The number of carbonyl (C=O) groups excluding carboxylic acids is 1. The molecule has 0 bridgehead atoms. The normalized spacial score (nSPS) is 24.7. The highest BCUT2D eigenvalue weighted by atomic mass is 127. The van der Waals surface area contributed by atoms with E-state index in [-0.39, 0.29) is 11.6 Å². The van der Waals surface area contributed by atoms with Crippen molar-refractivity contribution < 1.29 is 38.1 Å². The number of anilines is 1. The lowest BCUT2D eigenvalue weighted by atomic mass is 9.96. The molecule has 0 amide bonds. The van der Waals surface area contributed by atoms with Gasteiger partial charge in [0, 0.05) is 11.6 Å². The molecule has 6 atom stereocenters. The summed E-state index contributed by atoms with van der Waals surface area (Å²) in [6.45, 7) is 5.53. The lowest BCUT2D eigenvalue weighted by Gasteiger charge is -2.27. The number of ether oxygens (including phenoxy) is 2. The maximum atomic E-state index is 14.1. The quantitative estimate of drug-likeness (QED) is 0.138. The number of hydrogen-bond donors (Lipinski definition) is 4. The lowest BCUT2D eigenvalue weighted by molar-refractivity contribution is -0.149. The van der Waals surface area contributed by atoms with E-state index in [2.05, 4.69) is 10.1 Å². The molecule has 0 spiro atoms. The summed E-state index contributed by atoms with van der Waals surface area (Å²) in [7, 11) is -4.36. The maximum absolute atomic E-state index is 14.1. The van der Waals surface area contributed by atoms with Gasteiger partial charge in [0.25, 0.3) is 0 Å². The number of aromatic nitrogens is 2. The first kappa shape index (κ1) is 31.3. The van der Waals surface area contributed by atoms with Gasteiger partial charge in [0.15, 0.2) is 6.23 Å². The van der Waals surface area contributed by atoms with Gasteiger partial charge in [-0.15, -0.1) is 0 Å². The molecule has 1 aliphatic heterocycles. The second kappa shape index (κ2) is 12.3. The third kappa shape index (κ3) is 6.91. The minimum Gasteiger partial charge on any atom is -0.462 e. The van der Waals surface area contributed by atoms with Crippen molar-refractivity contribution in [2.45, 2.75) is 63.9 Å². The minimum absolute atomic E-state index is 0.00707. The Labute approximate surface area is 249 Å². The van der Waals surface area contributed by atoms with Crippen molar-refractivity contribution in [2.75, 3.05) is 12.3 Å². The summed E-state index contributed by atoms with van der Waals surface area (Å²) in [6, 6.07) is 11.3. The highest BCUT2D eigenvalue weighted by Crippen LogP contribution is 2.48. The molecule has 0 radical (unpaired) electrons. The van der Waals surface area contributed by atoms with E-state index in [9.17, 15) is 24.4 Å². The summed E-state index contributed by atoms with van der Waals surface area (Å²) < 4.78 is 38.2. The van der Waals surface area contributed by atoms with Gasteiger partial charge in [0.2, 0.25) is 0 Å². The first-order valence-electron chi connectivity index (χ1n) is 12.7. The van der Waals surface area contributed by atoms with Crippen LogP contribution < -0.4 is 21.0 Å². The second-order valence-electron chi connectivity index (χ2n) is 10.1. The van der Waals surface area contributed by atoms with Gasteiger partial charge in [-0.1, -0.05) is 36.4 Å². The Morgan fingerprint density at radius 3 is 2.66 bits per heavy atom. The summed E-state index contributed by atoms with van der Waals surface area (Å²) in [4.78, 5) is 28.7. The van der Waals surface area contributed by atoms with Crippen LogP contribution in [0.1, 0.15) is 33.9 Å². The Kier molecular flexibility index (Phi) is 9.43. The van der Waals surface area contributed by atoms with E-state index in [1.165, 1.54) is 20.0 Å². The first-order valence-corrected chi connectivity index (χ1v) is 15.3. The average molecular weight is 702 g/mol. The minimum atomic E-state index is -4.36. The van der Waals surface area contributed by atoms with Crippen molar-refractivity contribution >= 4 is 52.9 Å². The molecule has 0 aliphatic carbocycles. The van der Waals surface area contributed by atoms with Gasteiger partial charge >= 0.3 is 19.4 Å². The predicted octanol–water partition coefficient (Wildman–Crippen LogP) is 2.73. The molecule has 2 aromatic carbocycles. The largest absolute Gasteiger partial charge is 0.462 e. The molecule has 13 nitrogen and oxygen atoms in total. The number of carbonyl (C=O) groups is 1. The van der Waals surface area contributed by atoms with E-state index in [1.54, 1.807) is 38.1 Å². The summed E-state index contributed by atoms with van der Waals surface area (Å²) in [5.74, 6) is -0.460. The van der Waals surface area contributed by atoms with E-state index in [0.29, 0.717) is 8.96 Å². The van der Waals surface area contributed by atoms with Crippen LogP contribution in [0.4, 0.5) is 5.82 Å². The molecule has 1 saturated heterocycles. The number of halogens is 1. The zero-order valence-electron chi connectivity index (χ0n) is 22.8. The molecule has 1 aromatic heterocycles. The van der Waals surface area contributed by atoms with Gasteiger partial charge in [-0.05, 0) is 61.7 Å². The SMILES string of the molecule is CC(C)OC(=O)[C@@H](C)N[P@@](=O)(OC[C@H]1O[C@@H](n2cc(I)c(N)nc2=O)[C@](C)(O)[C@@H]1O)Oc1cccc2ccccc12. The molecule has 0 unspecified atom stereocenters. The maximum Gasteiger partial charge on any atom is 0.459 e. The third-order valence-corrected chi connectivity index (χ3v) is 8.84. The van der Waals surface area contributed by atoms with Crippen LogP contribution in [0.25, 0.3) is 10.8 Å². The number of esters is 1. The Hall–Kier alpha value is -2.59. The van der Waals surface area contributed by atoms with Gasteiger partial charge in [-0.25, -0.2) is 9.36 Å². The number of nitrogens with zero attached hydrogens (tertiary/aromatic N) is 2. The Morgan fingerprint density at radius 1 is 1.27 bits per heavy atom. The molecule has 1 fully saturated rings. The average Bonchev–Trinajstić information content (AvgIpc) is 3.13. The van der Waals surface area contributed by atoms with Crippen molar-refractivity contribution in [1.29, 1.82) is 0 Å². The zero-order chi connectivity index (χ0) is 30.1. The lowest BCUT2D eigenvalue weighted by Crippen LogP contribution is -2.46. The number of aliphatic hydroxyl groups excluding tert-OH is 1. The van der Waals surface area contributed by atoms with E-state index < -0.39 is 62.2 Å². The molecule has 0 saturated carbocycles. The molecule has 15 heteroatoms.